The second-order valence-corrected chi connectivity index (χ2v) is 9.25. The summed E-state index contributed by atoms with van der Waals surface area (Å²) in [6, 6.07) is 10.6. The average Bonchev–Trinajstić information content (AvgIpc) is 3.44. The summed E-state index contributed by atoms with van der Waals surface area (Å²) in [6.07, 6.45) is 7.60. The molecule has 1 atom stereocenters. The van der Waals surface area contributed by atoms with Gasteiger partial charge in [-0.2, -0.15) is 0 Å². The first-order chi connectivity index (χ1) is 16.4. The number of fused-ring (bicyclic) bond motifs is 1. The van der Waals surface area contributed by atoms with E-state index in [0.717, 1.165) is 59.1 Å². The van der Waals surface area contributed by atoms with Gasteiger partial charge in [0.15, 0.2) is 5.84 Å². The van der Waals surface area contributed by atoms with Crippen LogP contribution in [0.25, 0.3) is 11.8 Å². The molecule has 2 aromatic carbocycles. The molecule has 0 bridgehead atoms. The molecule has 3 aromatic rings. The Morgan fingerprint density at radius 1 is 1.29 bits per heavy atom. The number of imidazole rings is 1. The minimum atomic E-state index is -0.984. The maximum Gasteiger partial charge on any atom is 0.250 e. The minimum Gasteiger partial charge on any atom is -0.495 e. The fourth-order valence-electron chi connectivity index (χ4n) is 4.59. The smallest absolute Gasteiger partial charge is 0.250 e. The molecule has 0 spiro atoms. The molecule has 5 rings (SSSR count). The number of rotatable bonds is 5. The lowest BCUT2D eigenvalue weighted by Crippen LogP contribution is -2.53. The molecule has 1 aromatic heterocycles. The van der Waals surface area contributed by atoms with Crippen molar-refractivity contribution in [3.8, 4) is 11.4 Å². The third-order valence-electron chi connectivity index (χ3n) is 6.25. The number of benzene rings is 2. The van der Waals surface area contributed by atoms with Crippen molar-refractivity contribution in [3.63, 3.8) is 0 Å². The second-order valence-electron chi connectivity index (χ2n) is 8.40. The SMILES string of the molecule is COc1cc(C=C2CCCN3C2=NOC3(CN)c2ccc(F)cc2Br)ccc1-n1cnc(C)c1. The lowest BCUT2D eigenvalue weighted by atomic mass is 9.94. The Morgan fingerprint density at radius 3 is 2.85 bits per heavy atom. The van der Waals surface area contributed by atoms with Crippen molar-refractivity contribution >= 4 is 27.8 Å². The van der Waals surface area contributed by atoms with Crippen molar-refractivity contribution in [1.29, 1.82) is 0 Å². The summed E-state index contributed by atoms with van der Waals surface area (Å²) in [5, 5.41) is 4.45. The number of methoxy groups -OCH3 is 1. The van der Waals surface area contributed by atoms with Crippen LogP contribution in [0.1, 0.15) is 29.7 Å². The molecular weight excluding hydrogens is 501 g/mol. The van der Waals surface area contributed by atoms with Crippen LogP contribution in [0.5, 0.6) is 5.75 Å². The normalized spacial score (nSPS) is 20.8. The van der Waals surface area contributed by atoms with Gasteiger partial charge in [0.05, 0.1) is 31.4 Å². The zero-order chi connectivity index (χ0) is 23.9. The molecule has 2 aliphatic rings. The zero-order valence-electron chi connectivity index (χ0n) is 19.0. The molecular formula is C25H25BrFN5O2. The third kappa shape index (κ3) is 3.78. The molecule has 0 saturated carbocycles. The zero-order valence-corrected chi connectivity index (χ0v) is 20.5. The van der Waals surface area contributed by atoms with Crippen LogP contribution in [0.4, 0.5) is 4.39 Å². The molecule has 1 saturated heterocycles. The Morgan fingerprint density at radius 2 is 2.15 bits per heavy atom. The number of ether oxygens (including phenoxy) is 1. The van der Waals surface area contributed by atoms with Gasteiger partial charge in [0.1, 0.15) is 11.6 Å². The van der Waals surface area contributed by atoms with Gasteiger partial charge in [-0.25, -0.2) is 9.37 Å². The van der Waals surface area contributed by atoms with Crippen LogP contribution >= 0.6 is 15.9 Å². The van der Waals surface area contributed by atoms with E-state index in [1.54, 1.807) is 19.5 Å². The van der Waals surface area contributed by atoms with Gasteiger partial charge >= 0.3 is 0 Å². The summed E-state index contributed by atoms with van der Waals surface area (Å²) in [4.78, 5) is 12.4. The summed E-state index contributed by atoms with van der Waals surface area (Å²) in [5.74, 6) is 1.17. The predicted octanol–water partition coefficient (Wildman–Crippen LogP) is 4.73. The molecule has 2 N–H and O–H groups in total. The number of aromatic nitrogens is 2. The number of aryl methyl sites for hydroxylation is 1. The standard InChI is InChI=1S/C25H25BrFN5O2/c1-16-13-31(15-29-16)22-8-5-17(11-23(22)33-2)10-18-4-3-9-32-24(18)30-34-25(32,14-28)20-7-6-19(27)12-21(20)26/h5-8,10-13,15H,3-4,9,14,28H2,1-2H3. The van der Waals surface area contributed by atoms with Crippen molar-refractivity contribution in [2.45, 2.75) is 25.5 Å². The van der Waals surface area contributed by atoms with E-state index in [1.807, 2.05) is 35.9 Å². The number of piperidine rings is 1. The molecule has 34 heavy (non-hydrogen) atoms. The number of amidine groups is 1. The summed E-state index contributed by atoms with van der Waals surface area (Å²) < 4.78 is 21.9. The van der Waals surface area contributed by atoms with E-state index in [4.69, 9.17) is 15.3 Å². The topological polar surface area (TPSA) is 77.9 Å². The monoisotopic (exact) mass is 525 g/mol. The minimum absolute atomic E-state index is 0.171. The summed E-state index contributed by atoms with van der Waals surface area (Å²) in [7, 11) is 1.66. The fourth-order valence-corrected chi connectivity index (χ4v) is 5.25. The molecule has 2 aliphatic heterocycles. The molecule has 0 radical (unpaired) electrons. The van der Waals surface area contributed by atoms with Gasteiger partial charge in [0.25, 0.3) is 5.72 Å². The van der Waals surface area contributed by atoms with Gasteiger partial charge < -0.3 is 24.8 Å². The largest absolute Gasteiger partial charge is 0.495 e. The number of hydrogen-bond donors (Lipinski definition) is 1. The van der Waals surface area contributed by atoms with Gasteiger partial charge in [-0.3, -0.25) is 0 Å². The Bertz CT molecular complexity index is 1300. The molecule has 3 heterocycles. The lowest BCUT2D eigenvalue weighted by molar-refractivity contribution is -0.0993. The van der Waals surface area contributed by atoms with E-state index < -0.39 is 5.72 Å². The van der Waals surface area contributed by atoms with E-state index in [2.05, 4.69) is 37.0 Å². The highest BCUT2D eigenvalue weighted by Gasteiger charge is 2.49. The van der Waals surface area contributed by atoms with Crippen LogP contribution in [0.15, 0.2) is 64.1 Å². The van der Waals surface area contributed by atoms with E-state index in [0.29, 0.717) is 4.47 Å². The van der Waals surface area contributed by atoms with Crippen LogP contribution in [-0.4, -0.2) is 40.5 Å². The molecule has 0 amide bonds. The van der Waals surface area contributed by atoms with Crippen LogP contribution in [0.3, 0.4) is 0 Å². The van der Waals surface area contributed by atoms with Crippen LogP contribution in [0, 0.1) is 12.7 Å². The van der Waals surface area contributed by atoms with E-state index in [-0.39, 0.29) is 12.4 Å². The molecule has 0 aliphatic carbocycles. The third-order valence-corrected chi connectivity index (χ3v) is 6.91. The van der Waals surface area contributed by atoms with Gasteiger partial charge in [-0.15, -0.1) is 0 Å². The Kier molecular flexibility index (Phi) is 5.91. The van der Waals surface area contributed by atoms with Crippen LogP contribution in [-0.2, 0) is 10.6 Å². The Balaban J connectivity index is 1.49. The first-order valence-corrected chi connectivity index (χ1v) is 11.8. The highest BCUT2D eigenvalue weighted by atomic mass is 79.9. The van der Waals surface area contributed by atoms with Crippen molar-refractivity contribution in [2.75, 3.05) is 20.2 Å². The van der Waals surface area contributed by atoms with Gasteiger partial charge in [-0.05, 0) is 67.3 Å². The van der Waals surface area contributed by atoms with Crippen molar-refractivity contribution < 1.29 is 14.0 Å². The maximum absolute atomic E-state index is 13.7. The van der Waals surface area contributed by atoms with Crippen molar-refractivity contribution in [1.82, 2.24) is 14.5 Å². The fraction of sp³-hybridized carbons (Fsp3) is 0.280. The summed E-state index contributed by atoms with van der Waals surface area (Å²) >= 11 is 3.47. The highest BCUT2D eigenvalue weighted by Crippen LogP contribution is 2.42. The van der Waals surface area contributed by atoms with E-state index in [9.17, 15) is 4.39 Å². The first-order valence-electron chi connectivity index (χ1n) is 11.0. The molecule has 1 unspecified atom stereocenters. The summed E-state index contributed by atoms with van der Waals surface area (Å²) in [5.41, 5.74) is 9.88. The van der Waals surface area contributed by atoms with Crippen molar-refractivity contribution in [3.05, 3.63) is 81.6 Å². The number of nitrogens with zero attached hydrogens (tertiary/aromatic N) is 4. The first kappa shape index (κ1) is 22.6. The number of oxime groups is 1. The molecule has 9 heteroatoms. The number of halogens is 2. The predicted molar refractivity (Wildman–Crippen MR) is 132 cm³/mol. The van der Waals surface area contributed by atoms with Crippen LogP contribution < -0.4 is 10.5 Å². The molecule has 1 fully saturated rings. The van der Waals surface area contributed by atoms with E-state index >= 15 is 0 Å². The van der Waals surface area contributed by atoms with Gasteiger partial charge in [-0.1, -0.05) is 27.2 Å². The highest BCUT2D eigenvalue weighted by molar-refractivity contribution is 9.10. The van der Waals surface area contributed by atoms with Gasteiger partial charge in [0.2, 0.25) is 0 Å². The van der Waals surface area contributed by atoms with E-state index in [1.165, 1.54) is 12.1 Å². The lowest BCUT2D eigenvalue weighted by Gasteiger charge is -2.39. The average molecular weight is 526 g/mol. The molecule has 7 nitrogen and oxygen atoms in total. The Labute approximate surface area is 205 Å². The molecule has 176 valence electrons. The van der Waals surface area contributed by atoms with Gasteiger partial charge in [0, 0.05) is 22.8 Å². The Hall–Kier alpha value is -3.17. The number of nitrogens with two attached hydrogens (primary N) is 1. The van der Waals surface area contributed by atoms with Crippen molar-refractivity contribution in [2.24, 2.45) is 10.9 Å². The second kappa shape index (κ2) is 8.88. The summed E-state index contributed by atoms with van der Waals surface area (Å²) in [6.45, 7) is 2.86. The number of hydrogen-bond acceptors (Lipinski definition) is 6. The van der Waals surface area contributed by atoms with Crippen LogP contribution in [0.2, 0.25) is 0 Å². The quantitative estimate of drug-likeness (QED) is 0.521. The maximum atomic E-state index is 13.7.